The number of nitrogens with zero attached hydrogens (tertiary/aromatic N) is 2. The Balaban J connectivity index is 2.99. The maximum absolute atomic E-state index is 12.9. The zero-order valence-electron chi connectivity index (χ0n) is 8.77. The van der Waals surface area contributed by atoms with Crippen molar-refractivity contribution in [1.82, 2.24) is 9.97 Å². The van der Waals surface area contributed by atoms with E-state index in [1.54, 1.807) is 19.9 Å². The van der Waals surface area contributed by atoms with E-state index >= 15 is 0 Å². The van der Waals surface area contributed by atoms with Crippen LogP contribution in [-0.4, -0.2) is 16.1 Å². The van der Waals surface area contributed by atoms with E-state index in [9.17, 15) is 22.0 Å². The molecule has 0 bridgehead atoms. The molecule has 0 unspecified atom stereocenters. The van der Waals surface area contributed by atoms with E-state index in [0.717, 1.165) is 0 Å². The molecule has 0 atom stereocenters. The fraction of sp³-hybridized carbons (Fsp3) is 0.333. The minimum Gasteiger partial charge on any atom is -0.228 e. The number of hydrogen-bond acceptors (Lipinski definition) is 3. The van der Waals surface area contributed by atoms with E-state index < -0.39 is 17.2 Å². The zero-order valence-corrected chi connectivity index (χ0v) is 9.59. The Bertz CT molecular complexity index is 435. The van der Waals surface area contributed by atoms with Gasteiger partial charge in [0.15, 0.2) is 5.16 Å². The monoisotopic (exact) mass is 270 g/mol. The molecule has 0 saturated carbocycles. The van der Waals surface area contributed by atoms with Crippen LogP contribution in [0.3, 0.4) is 0 Å². The summed E-state index contributed by atoms with van der Waals surface area (Å²) in [5, 5.41) is -2.26. The lowest BCUT2D eigenvalue weighted by atomic mass is 10.4. The molecule has 1 rings (SSSR count). The lowest BCUT2D eigenvalue weighted by molar-refractivity contribution is -0.110. The highest BCUT2D eigenvalue weighted by atomic mass is 32.2. The van der Waals surface area contributed by atoms with E-state index in [-0.39, 0.29) is 16.9 Å². The highest BCUT2D eigenvalue weighted by molar-refractivity contribution is 8.02. The molecule has 1 aromatic rings. The maximum atomic E-state index is 12.9. The van der Waals surface area contributed by atoms with Gasteiger partial charge in [0.1, 0.15) is 0 Å². The number of hydrogen-bond donors (Lipinski definition) is 0. The number of allylic oxidation sites excluding steroid dienone is 1. The van der Waals surface area contributed by atoms with Crippen LogP contribution in [0.25, 0.3) is 0 Å². The van der Waals surface area contributed by atoms with Gasteiger partial charge in [0.2, 0.25) is 11.0 Å². The van der Waals surface area contributed by atoms with Crippen molar-refractivity contribution in [2.45, 2.75) is 25.2 Å². The van der Waals surface area contributed by atoms with Crippen LogP contribution >= 0.6 is 11.8 Å². The van der Waals surface area contributed by atoms with E-state index in [0.29, 0.717) is 11.4 Å². The summed E-state index contributed by atoms with van der Waals surface area (Å²) < 4.78 is 60.9. The van der Waals surface area contributed by atoms with Crippen molar-refractivity contribution < 1.29 is 22.0 Å². The van der Waals surface area contributed by atoms with Crippen LogP contribution in [0.5, 0.6) is 0 Å². The van der Waals surface area contributed by atoms with E-state index in [4.69, 9.17) is 0 Å². The molecule has 0 aliphatic carbocycles. The molecule has 0 spiro atoms. The first-order chi connectivity index (χ1) is 7.70. The smallest absolute Gasteiger partial charge is 0.228 e. The van der Waals surface area contributed by atoms with Gasteiger partial charge in [-0.3, -0.25) is 0 Å². The average molecular weight is 270 g/mol. The van der Waals surface area contributed by atoms with Crippen LogP contribution in [0.15, 0.2) is 22.2 Å². The second kappa shape index (κ2) is 4.99. The summed E-state index contributed by atoms with van der Waals surface area (Å²) in [6, 6.07) is 1.56. The van der Waals surface area contributed by atoms with Crippen molar-refractivity contribution in [2.75, 3.05) is 0 Å². The fourth-order valence-electron chi connectivity index (χ4n) is 0.976. The van der Waals surface area contributed by atoms with Gasteiger partial charge in [-0.25, -0.2) is 9.97 Å². The molecule has 8 heteroatoms. The summed E-state index contributed by atoms with van der Waals surface area (Å²) in [4.78, 5) is 7.36. The Kier molecular flexibility index (Phi) is 4.07. The second-order valence-electron chi connectivity index (χ2n) is 3.12. The van der Waals surface area contributed by atoms with Crippen molar-refractivity contribution in [3.63, 3.8) is 0 Å². The molecule has 0 saturated heterocycles. The van der Waals surface area contributed by atoms with E-state index in [2.05, 4.69) is 9.97 Å². The number of rotatable bonds is 2. The van der Waals surface area contributed by atoms with Gasteiger partial charge in [0.25, 0.3) is 0 Å². The summed E-state index contributed by atoms with van der Waals surface area (Å²) in [6.07, 6.45) is -5.34. The number of aryl methyl sites for hydroxylation is 2. The van der Waals surface area contributed by atoms with Crippen LogP contribution in [0, 0.1) is 13.8 Å². The fourth-order valence-corrected chi connectivity index (χ4v) is 1.72. The van der Waals surface area contributed by atoms with Crippen LogP contribution in [0.2, 0.25) is 0 Å². The quantitative estimate of drug-likeness (QED) is 0.463. The van der Waals surface area contributed by atoms with Gasteiger partial charge in [0, 0.05) is 11.4 Å². The van der Waals surface area contributed by atoms with Gasteiger partial charge < -0.3 is 0 Å². The topological polar surface area (TPSA) is 25.8 Å². The van der Waals surface area contributed by atoms with Crippen LogP contribution in [0.1, 0.15) is 11.4 Å². The standard InChI is InChI=1S/C9H7F5N2S/c1-4-3-5(2)16-8(15-4)17-7(11)6(10)9(12,13)14/h3H,1-2H3/b7-6+. The van der Waals surface area contributed by atoms with Crippen molar-refractivity contribution in [1.29, 1.82) is 0 Å². The van der Waals surface area contributed by atoms with Gasteiger partial charge in [0.05, 0.1) is 0 Å². The summed E-state index contributed by atoms with van der Waals surface area (Å²) in [5.41, 5.74) is 0.917. The zero-order chi connectivity index (χ0) is 13.2. The molecule has 17 heavy (non-hydrogen) atoms. The Morgan fingerprint density at radius 1 is 1.12 bits per heavy atom. The van der Waals surface area contributed by atoms with Crippen LogP contribution in [0.4, 0.5) is 22.0 Å². The molecule has 94 valence electrons. The van der Waals surface area contributed by atoms with Gasteiger partial charge >= 0.3 is 6.18 Å². The molecule has 1 aromatic heterocycles. The maximum Gasteiger partial charge on any atom is 0.446 e. The lowest BCUT2D eigenvalue weighted by Crippen LogP contribution is -2.09. The Morgan fingerprint density at radius 3 is 2.00 bits per heavy atom. The highest BCUT2D eigenvalue weighted by Gasteiger charge is 2.38. The van der Waals surface area contributed by atoms with E-state index in [1.165, 1.54) is 0 Å². The minimum atomic E-state index is -5.34. The van der Waals surface area contributed by atoms with Crippen LogP contribution in [-0.2, 0) is 0 Å². The largest absolute Gasteiger partial charge is 0.446 e. The number of thioether (sulfide) groups is 1. The number of aromatic nitrogens is 2. The first kappa shape index (κ1) is 13.9. The molecular weight excluding hydrogens is 263 g/mol. The summed E-state index contributed by atoms with van der Waals surface area (Å²) in [7, 11) is 0. The Morgan fingerprint density at radius 2 is 1.59 bits per heavy atom. The summed E-state index contributed by atoms with van der Waals surface area (Å²) in [6.45, 7) is 3.14. The molecule has 0 N–H and O–H groups in total. The Labute approximate surface area is 98.0 Å². The average Bonchev–Trinajstić information content (AvgIpc) is 2.13. The summed E-state index contributed by atoms with van der Waals surface area (Å²) in [5.74, 6) is -2.77. The molecule has 0 aliphatic heterocycles. The molecule has 0 fully saturated rings. The SMILES string of the molecule is Cc1cc(C)nc(S/C(F)=C(/F)C(F)(F)F)n1. The lowest BCUT2D eigenvalue weighted by Gasteiger charge is -2.05. The minimum absolute atomic E-state index is 0.0974. The van der Waals surface area contributed by atoms with Crippen LogP contribution < -0.4 is 0 Å². The normalized spacial score (nSPS) is 13.6. The summed E-state index contributed by atoms with van der Waals surface area (Å²) >= 11 is -0.0974. The first-order valence-electron chi connectivity index (χ1n) is 4.32. The highest BCUT2D eigenvalue weighted by Crippen LogP contribution is 2.36. The predicted octanol–water partition coefficient (Wildman–Crippen LogP) is 3.86. The third-order valence-corrected chi connectivity index (χ3v) is 2.29. The van der Waals surface area contributed by atoms with Gasteiger partial charge in [-0.1, -0.05) is 0 Å². The molecule has 0 aromatic carbocycles. The van der Waals surface area contributed by atoms with Gasteiger partial charge in [-0.15, -0.1) is 0 Å². The predicted molar refractivity (Wildman–Crippen MR) is 52.7 cm³/mol. The molecule has 2 nitrogen and oxygen atoms in total. The van der Waals surface area contributed by atoms with Gasteiger partial charge in [-0.2, -0.15) is 22.0 Å². The molecule has 0 radical (unpaired) electrons. The first-order valence-corrected chi connectivity index (χ1v) is 5.14. The molecule has 0 aliphatic rings. The molecule has 0 amide bonds. The third kappa shape index (κ3) is 3.95. The second-order valence-corrected chi connectivity index (χ2v) is 4.05. The molecule has 1 heterocycles. The third-order valence-electron chi connectivity index (χ3n) is 1.56. The van der Waals surface area contributed by atoms with E-state index in [1.807, 2.05) is 0 Å². The Hall–Kier alpha value is -1.18. The molecular formula is C9H7F5N2S. The van der Waals surface area contributed by atoms with Gasteiger partial charge in [-0.05, 0) is 31.7 Å². The number of halogens is 5. The van der Waals surface area contributed by atoms with Crippen molar-refractivity contribution in [3.05, 3.63) is 28.4 Å². The number of alkyl halides is 3. The van der Waals surface area contributed by atoms with Crippen molar-refractivity contribution in [3.8, 4) is 0 Å². The van der Waals surface area contributed by atoms with Crippen molar-refractivity contribution >= 4 is 11.8 Å². The van der Waals surface area contributed by atoms with Crippen molar-refractivity contribution in [2.24, 2.45) is 0 Å².